The summed E-state index contributed by atoms with van der Waals surface area (Å²) in [7, 11) is 0. The number of rotatable bonds is 14. The van der Waals surface area contributed by atoms with Crippen molar-refractivity contribution in [2.45, 2.75) is 91.6 Å². The first-order chi connectivity index (χ1) is 17.8. The summed E-state index contributed by atoms with van der Waals surface area (Å²) in [6.45, 7) is 15.9. The molecule has 0 aromatic carbocycles. The molecule has 1 aromatic heterocycles. The van der Waals surface area contributed by atoms with Crippen LogP contribution in [-0.4, -0.2) is 72.7 Å². The van der Waals surface area contributed by atoms with Crippen molar-refractivity contribution in [3.05, 3.63) is 11.4 Å². The van der Waals surface area contributed by atoms with Crippen LogP contribution in [0.25, 0.3) is 0 Å². The number of carbonyl (C=O) groups excluding carboxylic acids is 1. The zero-order valence-corrected chi connectivity index (χ0v) is 23.9. The van der Waals surface area contributed by atoms with Gasteiger partial charge in [-0.1, -0.05) is 26.7 Å². The Morgan fingerprint density at radius 1 is 1.16 bits per heavy atom. The lowest BCUT2D eigenvalue weighted by atomic mass is 9.73. The van der Waals surface area contributed by atoms with Crippen molar-refractivity contribution < 1.29 is 19.0 Å². The van der Waals surface area contributed by atoms with Crippen LogP contribution in [0.1, 0.15) is 82.9 Å². The smallest absolute Gasteiger partial charge is 0.280 e. The number of nitrogens with two attached hydrogens (primary N) is 3. The van der Waals surface area contributed by atoms with Crippen LogP contribution in [-0.2, 0) is 14.2 Å². The lowest BCUT2D eigenvalue weighted by Crippen LogP contribution is -2.44. The van der Waals surface area contributed by atoms with Gasteiger partial charge < -0.3 is 36.7 Å². The maximum atomic E-state index is 12.4. The Kier molecular flexibility index (Phi) is 12.1. The first-order valence-corrected chi connectivity index (χ1v) is 13.4. The van der Waals surface area contributed by atoms with Gasteiger partial charge in [0.05, 0.1) is 30.6 Å². The molecule has 0 aliphatic carbocycles. The van der Waals surface area contributed by atoms with Gasteiger partial charge >= 0.3 is 0 Å². The molecule has 0 spiro atoms. The maximum Gasteiger partial charge on any atom is 0.280 e. The van der Waals surface area contributed by atoms with E-state index in [9.17, 15) is 4.79 Å². The topological polar surface area (TPSA) is 185 Å². The van der Waals surface area contributed by atoms with Crippen LogP contribution >= 0.6 is 0 Å². The largest absolute Gasteiger partial charge is 0.382 e. The average Bonchev–Trinajstić information content (AvgIpc) is 2.83. The number of unbranched alkanes of at least 4 members (excludes halogenated alkanes) is 2. The summed E-state index contributed by atoms with van der Waals surface area (Å²) in [4.78, 5) is 24.6. The summed E-state index contributed by atoms with van der Waals surface area (Å²) in [5.74, 6) is -0.414. The number of aryl methyl sites for hydroxylation is 1. The molecule has 1 fully saturated rings. The predicted molar refractivity (Wildman–Crippen MR) is 150 cm³/mol. The number of nitrogens with one attached hydrogen (secondary N) is 2. The molecule has 38 heavy (non-hydrogen) atoms. The molecule has 8 N–H and O–H groups in total. The van der Waals surface area contributed by atoms with Gasteiger partial charge in [-0.05, 0) is 52.4 Å². The number of anilines is 2. The number of hydrogen-bond acceptors (Lipinski definition) is 10. The van der Waals surface area contributed by atoms with Crippen molar-refractivity contribution >= 4 is 23.5 Å². The van der Waals surface area contributed by atoms with Crippen LogP contribution in [0, 0.1) is 12.3 Å². The molecule has 0 bridgehead atoms. The number of nitrogen functional groups attached to an aromatic ring is 2. The summed E-state index contributed by atoms with van der Waals surface area (Å²) in [5, 5.41) is 5.93. The number of aromatic nitrogens is 2. The average molecular weight is 537 g/mol. The number of hydrogen-bond donors (Lipinski definition) is 5. The first kappa shape index (κ1) is 31.7. The zero-order valence-electron chi connectivity index (χ0n) is 23.9. The second kappa shape index (κ2) is 14.6. The zero-order chi connectivity index (χ0) is 28.3. The Hall–Kier alpha value is -2.54. The lowest BCUT2D eigenvalue weighted by Gasteiger charge is -2.42. The van der Waals surface area contributed by atoms with Gasteiger partial charge in [-0.2, -0.15) is 0 Å². The van der Waals surface area contributed by atoms with Crippen LogP contribution in [0.2, 0.25) is 0 Å². The SMILES string of the molecule is Cc1nc(C(=O)NC(N)=NCCCCCC(C)(C)C(C)(C)OCCNCC2CCOC(C)O2)c(N)nc1N. The van der Waals surface area contributed by atoms with E-state index in [1.54, 1.807) is 6.92 Å². The third kappa shape index (κ3) is 9.97. The molecule has 0 radical (unpaired) electrons. The summed E-state index contributed by atoms with van der Waals surface area (Å²) < 4.78 is 17.4. The Balaban J connectivity index is 1.63. The second-order valence-electron chi connectivity index (χ2n) is 10.9. The quantitative estimate of drug-likeness (QED) is 0.134. The van der Waals surface area contributed by atoms with E-state index < -0.39 is 5.91 Å². The fourth-order valence-electron chi connectivity index (χ4n) is 4.01. The number of amides is 1. The van der Waals surface area contributed by atoms with Gasteiger partial charge in [0.1, 0.15) is 5.82 Å². The molecule has 1 aliphatic heterocycles. The Labute approximate surface area is 226 Å². The van der Waals surface area contributed by atoms with Crippen molar-refractivity contribution in [3.8, 4) is 0 Å². The van der Waals surface area contributed by atoms with E-state index in [2.05, 4.69) is 53.3 Å². The van der Waals surface area contributed by atoms with E-state index in [0.717, 1.165) is 51.8 Å². The molecule has 12 nitrogen and oxygen atoms in total. The van der Waals surface area contributed by atoms with Gasteiger partial charge in [0.2, 0.25) is 0 Å². The number of aliphatic imine (C=N–C) groups is 1. The number of nitrogens with zero attached hydrogens (tertiary/aromatic N) is 3. The summed E-state index contributed by atoms with van der Waals surface area (Å²) >= 11 is 0. The van der Waals surface area contributed by atoms with Crippen LogP contribution in [0.3, 0.4) is 0 Å². The van der Waals surface area contributed by atoms with E-state index in [4.69, 9.17) is 31.4 Å². The molecule has 12 heteroatoms. The number of ether oxygens (including phenoxy) is 3. The molecule has 1 saturated heterocycles. The summed E-state index contributed by atoms with van der Waals surface area (Å²) in [6, 6.07) is 0. The molecule has 2 rings (SSSR count). The Morgan fingerprint density at radius 3 is 2.61 bits per heavy atom. The molecule has 216 valence electrons. The molecule has 1 amide bonds. The highest BCUT2D eigenvalue weighted by Gasteiger charge is 2.37. The summed E-state index contributed by atoms with van der Waals surface area (Å²) in [5.41, 5.74) is 17.4. The highest BCUT2D eigenvalue weighted by Crippen LogP contribution is 2.38. The van der Waals surface area contributed by atoms with E-state index in [1.807, 2.05) is 6.92 Å². The highest BCUT2D eigenvalue weighted by molar-refractivity contribution is 6.06. The van der Waals surface area contributed by atoms with Crippen molar-refractivity contribution in [2.75, 3.05) is 44.3 Å². The highest BCUT2D eigenvalue weighted by atomic mass is 16.7. The van der Waals surface area contributed by atoms with Gasteiger partial charge in [0, 0.05) is 19.6 Å². The minimum absolute atomic E-state index is 0.000692. The monoisotopic (exact) mass is 536 g/mol. The lowest BCUT2D eigenvalue weighted by molar-refractivity contribution is -0.200. The van der Waals surface area contributed by atoms with Gasteiger partial charge in [-0.15, -0.1) is 0 Å². The molecular weight excluding hydrogens is 488 g/mol. The Bertz CT molecular complexity index is 938. The third-order valence-corrected chi connectivity index (χ3v) is 7.25. The molecule has 2 atom stereocenters. The third-order valence-electron chi connectivity index (χ3n) is 7.25. The van der Waals surface area contributed by atoms with E-state index in [-0.39, 0.29) is 46.7 Å². The second-order valence-corrected chi connectivity index (χ2v) is 10.9. The van der Waals surface area contributed by atoms with E-state index in [0.29, 0.717) is 18.8 Å². The van der Waals surface area contributed by atoms with Crippen LogP contribution in [0.5, 0.6) is 0 Å². The van der Waals surface area contributed by atoms with Crippen molar-refractivity contribution in [1.82, 2.24) is 20.6 Å². The van der Waals surface area contributed by atoms with Gasteiger partial charge in [-0.3, -0.25) is 15.1 Å². The van der Waals surface area contributed by atoms with Crippen LogP contribution in [0.15, 0.2) is 4.99 Å². The van der Waals surface area contributed by atoms with Crippen LogP contribution < -0.4 is 27.8 Å². The first-order valence-electron chi connectivity index (χ1n) is 13.4. The van der Waals surface area contributed by atoms with Crippen LogP contribution in [0.4, 0.5) is 11.6 Å². The van der Waals surface area contributed by atoms with E-state index in [1.165, 1.54) is 0 Å². The van der Waals surface area contributed by atoms with Crippen molar-refractivity contribution in [2.24, 2.45) is 16.1 Å². The van der Waals surface area contributed by atoms with Gasteiger partial charge in [-0.25, -0.2) is 9.97 Å². The molecule has 1 aromatic rings. The molecule has 1 aliphatic rings. The minimum atomic E-state index is -0.565. The van der Waals surface area contributed by atoms with Gasteiger partial charge in [0.15, 0.2) is 23.8 Å². The summed E-state index contributed by atoms with van der Waals surface area (Å²) in [6.07, 6.45) is 4.88. The Morgan fingerprint density at radius 2 is 1.89 bits per heavy atom. The number of carbonyl (C=O) groups is 1. The molecular formula is C26H48N8O4. The predicted octanol–water partition coefficient (Wildman–Crippen LogP) is 2.12. The maximum absolute atomic E-state index is 12.4. The molecule has 2 unspecified atom stereocenters. The van der Waals surface area contributed by atoms with Crippen molar-refractivity contribution in [3.63, 3.8) is 0 Å². The van der Waals surface area contributed by atoms with Gasteiger partial charge in [0.25, 0.3) is 5.91 Å². The molecule has 2 heterocycles. The standard InChI is InChI=1S/C26H48N8O4/c1-17-21(27)33-22(28)20(32-17)23(35)34-24(29)31-12-9-7-8-11-25(3,4)26(5,6)37-15-13-30-16-19-10-14-36-18(2)38-19/h18-19,30H,7-16H2,1-6H3,(H4,27,28,33)(H3,29,31,34,35). The minimum Gasteiger partial charge on any atom is -0.382 e. The van der Waals surface area contributed by atoms with E-state index >= 15 is 0 Å². The number of guanidine groups is 1. The fraction of sp³-hybridized carbons (Fsp3) is 0.769. The van der Waals surface area contributed by atoms with Crippen molar-refractivity contribution in [1.29, 1.82) is 0 Å². The molecule has 0 saturated carbocycles. The normalized spacial score (nSPS) is 18.9. The fourth-order valence-corrected chi connectivity index (χ4v) is 4.01.